The second-order valence-corrected chi connectivity index (χ2v) is 6.88. The van der Waals surface area contributed by atoms with E-state index in [-0.39, 0.29) is 11.4 Å². The lowest BCUT2D eigenvalue weighted by molar-refractivity contribution is -0.159. The fourth-order valence-electron chi connectivity index (χ4n) is 2.34. The van der Waals surface area contributed by atoms with Crippen LogP contribution < -0.4 is 5.73 Å². The molecule has 20 heavy (non-hydrogen) atoms. The zero-order valence-corrected chi connectivity index (χ0v) is 13.4. The quantitative estimate of drug-likeness (QED) is 0.734. The van der Waals surface area contributed by atoms with E-state index < -0.39 is 17.6 Å². The Hall–Kier alpha value is -1.14. The van der Waals surface area contributed by atoms with E-state index in [9.17, 15) is 9.59 Å². The molecule has 2 N–H and O–H groups in total. The van der Waals surface area contributed by atoms with Crippen molar-refractivity contribution in [1.29, 1.82) is 0 Å². The first-order valence-corrected chi connectivity index (χ1v) is 6.91. The molecule has 6 heteroatoms. The average Bonchev–Trinajstić information content (AvgIpc) is 2.34. The van der Waals surface area contributed by atoms with E-state index >= 15 is 0 Å². The molecular formula is C14H27N3O3. The summed E-state index contributed by atoms with van der Waals surface area (Å²) in [6, 6.07) is -0.594. The largest absolute Gasteiger partial charge is 0.467 e. The van der Waals surface area contributed by atoms with Crippen LogP contribution in [0.3, 0.4) is 0 Å². The van der Waals surface area contributed by atoms with Gasteiger partial charge in [0.05, 0.1) is 12.6 Å². The molecule has 1 aliphatic rings. The first-order chi connectivity index (χ1) is 8.98. The predicted molar refractivity (Wildman–Crippen MR) is 77.1 cm³/mol. The number of carbonyl (C=O) groups is 2. The van der Waals surface area contributed by atoms with Crippen LogP contribution in [0.25, 0.3) is 0 Å². The molecule has 0 aromatic rings. The van der Waals surface area contributed by atoms with Crippen molar-refractivity contribution in [3.05, 3.63) is 0 Å². The minimum atomic E-state index is -0.990. The minimum absolute atomic E-state index is 0.0559. The van der Waals surface area contributed by atoms with Crippen LogP contribution in [-0.4, -0.2) is 65.5 Å². The second kappa shape index (κ2) is 5.69. The summed E-state index contributed by atoms with van der Waals surface area (Å²) in [5, 5.41) is 0. The Labute approximate surface area is 121 Å². The van der Waals surface area contributed by atoms with Crippen molar-refractivity contribution in [2.75, 3.05) is 26.7 Å². The van der Waals surface area contributed by atoms with E-state index in [1.165, 1.54) is 7.11 Å². The Kier molecular flexibility index (Phi) is 4.82. The van der Waals surface area contributed by atoms with E-state index in [1.54, 1.807) is 18.7 Å². The van der Waals surface area contributed by atoms with Crippen molar-refractivity contribution in [2.24, 2.45) is 5.73 Å². The molecule has 116 valence electrons. The molecule has 0 aromatic carbocycles. The summed E-state index contributed by atoms with van der Waals surface area (Å²) in [4.78, 5) is 28.1. The van der Waals surface area contributed by atoms with Gasteiger partial charge in [0.25, 0.3) is 0 Å². The molecule has 6 nitrogen and oxygen atoms in total. The van der Waals surface area contributed by atoms with Gasteiger partial charge in [-0.25, -0.2) is 4.79 Å². The number of esters is 1. The maximum atomic E-state index is 12.4. The molecule has 0 radical (unpaired) electrons. The third-order valence-electron chi connectivity index (χ3n) is 3.61. The van der Waals surface area contributed by atoms with Crippen LogP contribution in [0.4, 0.5) is 0 Å². The van der Waals surface area contributed by atoms with Crippen molar-refractivity contribution in [2.45, 2.75) is 51.7 Å². The van der Waals surface area contributed by atoms with Crippen LogP contribution in [0.1, 0.15) is 34.6 Å². The van der Waals surface area contributed by atoms with Gasteiger partial charge in [-0.1, -0.05) is 0 Å². The summed E-state index contributed by atoms with van der Waals surface area (Å²) in [6.45, 7) is 11.2. The zero-order chi connectivity index (χ0) is 15.7. The van der Waals surface area contributed by atoms with Gasteiger partial charge in [-0.15, -0.1) is 0 Å². The predicted octanol–water partition coefficient (Wildman–Crippen LogP) is 0.208. The molecule has 0 saturated carbocycles. The van der Waals surface area contributed by atoms with E-state index in [0.29, 0.717) is 13.1 Å². The minimum Gasteiger partial charge on any atom is -0.467 e. The Morgan fingerprint density at radius 1 is 1.15 bits per heavy atom. The summed E-state index contributed by atoms with van der Waals surface area (Å²) in [7, 11) is 1.34. The molecule has 1 fully saturated rings. The Morgan fingerprint density at radius 3 is 2.10 bits per heavy atom. The topological polar surface area (TPSA) is 75.9 Å². The first-order valence-electron chi connectivity index (χ1n) is 6.91. The van der Waals surface area contributed by atoms with Gasteiger partial charge in [0.1, 0.15) is 6.04 Å². The van der Waals surface area contributed by atoms with E-state index in [4.69, 9.17) is 10.5 Å². The highest BCUT2D eigenvalue weighted by Gasteiger charge is 2.42. The number of amides is 1. The third kappa shape index (κ3) is 3.70. The van der Waals surface area contributed by atoms with Gasteiger partial charge in [-0.05, 0) is 34.6 Å². The molecule has 0 aromatic heterocycles. The number of nitrogens with two attached hydrogens (primary N) is 1. The van der Waals surface area contributed by atoms with Gasteiger partial charge >= 0.3 is 5.97 Å². The van der Waals surface area contributed by atoms with Gasteiger partial charge in [-0.3, -0.25) is 9.69 Å². The fourth-order valence-corrected chi connectivity index (χ4v) is 2.34. The molecule has 1 rings (SSSR count). The highest BCUT2D eigenvalue weighted by molar-refractivity contribution is 5.90. The molecule has 0 bridgehead atoms. The standard InChI is InChI=1S/C14H27N3O3/c1-13(2,3)16-7-8-17(12(19)14(4,5)15)10(9-16)11(18)20-6/h10H,7-9,15H2,1-6H3/t10-/m0/s1. The Balaban J connectivity index is 2.97. The van der Waals surface area contributed by atoms with Crippen molar-refractivity contribution in [3.63, 3.8) is 0 Å². The SMILES string of the molecule is COC(=O)[C@@H]1CN(C(C)(C)C)CCN1C(=O)C(C)(C)N. The number of rotatable bonds is 2. The molecular weight excluding hydrogens is 258 g/mol. The van der Waals surface area contributed by atoms with Gasteiger partial charge < -0.3 is 15.4 Å². The van der Waals surface area contributed by atoms with Gasteiger partial charge in [-0.2, -0.15) is 0 Å². The normalized spacial score (nSPS) is 21.8. The van der Waals surface area contributed by atoms with E-state index in [1.807, 2.05) is 0 Å². The van der Waals surface area contributed by atoms with Gasteiger partial charge in [0.2, 0.25) is 5.91 Å². The number of piperazine rings is 1. The molecule has 1 aliphatic heterocycles. The molecule has 1 saturated heterocycles. The Bertz CT molecular complexity index is 382. The van der Waals surface area contributed by atoms with Crippen molar-refractivity contribution < 1.29 is 14.3 Å². The maximum absolute atomic E-state index is 12.4. The van der Waals surface area contributed by atoms with E-state index in [0.717, 1.165) is 6.54 Å². The average molecular weight is 285 g/mol. The number of ether oxygens (including phenoxy) is 1. The van der Waals surface area contributed by atoms with Crippen molar-refractivity contribution >= 4 is 11.9 Å². The lowest BCUT2D eigenvalue weighted by Crippen LogP contribution is -2.65. The van der Waals surface area contributed by atoms with Crippen LogP contribution in [-0.2, 0) is 14.3 Å². The first kappa shape index (κ1) is 16.9. The van der Waals surface area contributed by atoms with Crippen LogP contribution in [0.15, 0.2) is 0 Å². The van der Waals surface area contributed by atoms with Crippen molar-refractivity contribution in [1.82, 2.24) is 9.80 Å². The molecule has 0 spiro atoms. The molecule has 1 atom stereocenters. The smallest absolute Gasteiger partial charge is 0.329 e. The highest BCUT2D eigenvalue weighted by Crippen LogP contribution is 2.22. The van der Waals surface area contributed by atoms with Crippen LogP contribution in [0, 0.1) is 0 Å². The van der Waals surface area contributed by atoms with Gasteiger partial charge in [0.15, 0.2) is 0 Å². The Morgan fingerprint density at radius 2 is 1.70 bits per heavy atom. The summed E-state index contributed by atoms with van der Waals surface area (Å²) >= 11 is 0. The summed E-state index contributed by atoms with van der Waals surface area (Å²) in [5.41, 5.74) is 4.83. The monoisotopic (exact) mass is 285 g/mol. The molecule has 0 aliphatic carbocycles. The third-order valence-corrected chi connectivity index (χ3v) is 3.61. The maximum Gasteiger partial charge on any atom is 0.329 e. The summed E-state index contributed by atoms with van der Waals surface area (Å²) in [6.07, 6.45) is 0. The molecule has 1 amide bonds. The van der Waals surface area contributed by atoms with Crippen LogP contribution in [0.5, 0.6) is 0 Å². The lowest BCUT2D eigenvalue weighted by atomic mass is 9.99. The summed E-state index contributed by atoms with van der Waals surface area (Å²) < 4.78 is 4.84. The highest BCUT2D eigenvalue weighted by atomic mass is 16.5. The molecule has 0 unspecified atom stereocenters. The summed E-state index contributed by atoms with van der Waals surface area (Å²) in [5.74, 6) is -0.613. The zero-order valence-electron chi connectivity index (χ0n) is 13.4. The van der Waals surface area contributed by atoms with Gasteiger partial charge in [0, 0.05) is 25.2 Å². The number of hydrogen-bond acceptors (Lipinski definition) is 5. The molecule has 1 heterocycles. The van der Waals surface area contributed by atoms with Crippen molar-refractivity contribution in [3.8, 4) is 0 Å². The van der Waals surface area contributed by atoms with Crippen LogP contribution >= 0.6 is 0 Å². The number of nitrogens with zero attached hydrogens (tertiary/aromatic N) is 2. The second-order valence-electron chi connectivity index (χ2n) is 6.88. The van der Waals surface area contributed by atoms with E-state index in [2.05, 4.69) is 25.7 Å². The lowest BCUT2D eigenvalue weighted by Gasteiger charge is -2.46. The number of hydrogen-bond donors (Lipinski definition) is 1. The number of methoxy groups -OCH3 is 1. The fraction of sp³-hybridized carbons (Fsp3) is 0.857. The van der Waals surface area contributed by atoms with Crippen LogP contribution in [0.2, 0.25) is 0 Å². The number of carbonyl (C=O) groups excluding carboxylic acids is 2.